The molecule has 0 aliphatic rings. The normalized spacial score (nSPS) is 10.2. The molecule has 2 aromatic rings. The number of aromatic nitrogens is 1. The number of nitrogens with two attached hydrogens (primary N) is 1. The van der Waals surface area contributed by atoms with E-state index in [1.807, 2.05) is 19.1 Å². The average molecular weight is 203 g/mol. The van der Waals surface area contributed by atoms with Gasteiger partial charge in [-0.2, -0.15) is 0 Å². The van der Waals surface area contributed by atoms with Crippen LogP contribution in [0.5, 0.6) is 0 Å². The van der Waals surface area contributed by atoms with Crippen LogP contribution in [0.15, 0.2) is 35.3 Å². The lowest BCUT2D eigenvalue weighted by atomic mass is 10.2. The van der Waals surface area contributed by atoms with Crippen LogP contribution in [0.25, 0.3) is 0 Å². The predicted molar refractivity (Wildman–Crippen MR) is 59.4 cm³/mol. The molecule has 0 amide bonds. The van der Waals surface area contributed by atoms with Gasteiger partial charge >= 0.3 is 0 Å². The molecule has 0 fully saturated rings. The van der Waals surface area contributed by atoms with Crippen molar-refractivity contribution in [1.29, 1.82) is 0 Å². The number of nitrogen functional groups attached to an aromatic ring is 1. The molecule has 4 heteroatoms. The summed E-state index contributed by atoms with van der Waals surface area (Å²) in [4.78, 5) is 4.22. The summed E-state index contributed by atoms with van der Waals surface area (Å²) in [6, 6.07) is 3.74. The third kappa shape index (κ3) is 2.28. The van der Waals surface area contributed by atoms with Gasteiger partial charge in [-0.15, -0.1) is 0 Å². The van der Waals surface area contributed by atoms with Gasteiger partial charge in [-0.05, 0) is 18.6 Å². The maximum Gasteiger partial charge on any atom is 0.128 e. The molecule has 78 valence electrons. The Morgan fingerprint density at radius 1 is 1.53 bits per heavy atom. The number of aryl methyl sites for hydroxylation is 1. The minimum atomic E-state index is 0.687. The largest absolute Gasteiger partial charge is 0.472 e. The quantitative estimate of drug-likeness (QED) is 0.802. The van der Waals surface area contributed by atoms with Gasteiger partial charge in [0.25, 0.3) is 0 Å². The molecule has 2 rings (SSSR count). The number of anilines is 2. The molecule has 2 aromatic heterocycles. The first-order valence-corrected chi connectivity index (χ1v) is 4.73. The predicted octanol–water partition coefficient (Wildman–Crippen LogP) is 2.18. The fraction of sp³-hybridized carbons (Fsp3) is 0.182. The van der Waals surface area contributed by atoms with Gasteiger partial charge in [-0.25, -0.2) is 4.98 Å². The first kappa shape index (κ1) is 9.58. The van der Waals surface area contributed by atoms with E-state index in [4.69, 9.17) is 10.2 Å². The van der Waals surface area contributed by atoms with Crippen molar-refractivity contribution >= 4 is 11.5 Å². The van der Waals surface area contributed by atoms with Crippen molar-refractivity contribution in [3.05, 3.63) is 42.0 Å². The maximum absolute atomic E-state index is 5.77. The van der Waals surface area contributed by atoms with Crippen LogP contribution in [0.2, 0.25) is 0 Å². The van der Waals surface area contributed by atoms with Crippen molar-refractivity contribution in [2.24, 2.45) is 0 Å². The monoisotopic (exact) mass is 203 g/mol. The molecular formula is C11H13N3O. The molecule has 0 spiro atoms. The van der Waals surface area contributed by atoms with Gasteiger partial charge < -0.3 is 15.5 Å². The highest BCUT2D eigenvalue weighted by Crippen LogP contribution is 2.14. The van der Waals surface area contributed by atoms with Gasteiger partial charge in [0.15, 0.2) is 0 Å². The molecule has 0 unspecified atom stereocenters. The summed E-state index contributed by atoms with van der Waals surface area (Å²) in [6.45, 7) is 2.62. The summed E-state index contributed by atoms with van der Waals surface area (Å²) >= 11 is 0. The SMILES string of the molecule is Cc1cnc(NCc2ccoc2)cc1N. The Labute approximate surface area is 88.1 Å². The van der Waals surface area contributed by atoms with E-state index in [1.165, 1.54) is 0 Å². The minimum absolute atomic E-state index is 0.687. The Kier molecular flexibility index (Phi) is 2.58. The van der Waals surface area contributed by atoms with Gasteiger partial charge in [0.2, 0.25) is 0 Å². The third-order valence-corrected chi connectivity index (χ3v) is 2.20. The molecule has 0 atom stereocenters. The first-order valence-electron chi connectivity index (χ1n) is 4.73. The molecule has 0 saturated carbocycles. The Morgan fingerprint density at radius 3 is 3.07 bits per heavy atom. The van der Waals surface area contributed by atoms with Crippen molar-refractivity contribution in [2.45, 2.75) is 13.5 Å². The summed E-state index contributed by atoms with van der Waals surface area (Å²) in [7, 11) is 0. The summed E-state index contributed by atoms with van der Waals surface area (Å²) in [5.74, 6) is 0.777. The lowest BCUT2D eigenvalue weighted by Gasteiger charge is -2.05. The van der Waals surface area contributed by atoms with E-state index in [-0.39, 0.29) is 0 Å². The number of nitrogens with one attached hydrogen (secondary N) is 1. The van der Waals surface area contributed by atoms with Crippen LogP contribution in [0, 0.1) is 6.92 Å². The fourth-order valence-electron chi connectivity index (χ4n) is 1.22. The van der Waals surface area contributed by atoms with Crippen LogP contribution >= 0.6 is 0 Å². The van der Waals surface area contributed by atoms with E-state index < -0.39 is 0 Å². The highest BCUT2D eigenvalue weighted by atomic mass is 16.3. The molecular weight excluding hydrogens is 190 g/mol. The highest BCUT2D eigenvalue weighted by Gasteiger charge is 1.98. The third-order valence-electron chi connectivity index (χ3n) is 2.20. The van der Waals surface area contributed by atoms with Crippen molar-refractivity contribution in [3.63, 3.8) is 0 Å². The van der Waals surface area contributed by atoms with Crippen LogP contribution < -0.4 is 11.1 Å². The smallest absolute Gasteiger partial charge is 0.128 e. The van der Waals surface area contributed by atoms with Crippen molar-refractivity contribution in [3.8, 4) is 0 Å². The minimum Gasteiger partial charge on any atom is -0.472 e. The summed E-state index contributed by atoms with van der Waals surface area (Å²) < 4.78 is 4.96. The van der Waals surface area contributed by atoms with Gasteiger partial charge in [0, 0.05) is 30.1 Å². The van der Waals surface area contributed by atoms with Gasteiger partial charge in [0.1, 0.15) is 5.82 Å². The second-order valence-electron chi connectivity index (χ2n) is 3.41. The number of pyridine rings is 1. The topological polar surface area (TPSA) is 64.1 Å². The zero-order valence-electron chi connectivity index (χ0n) is 8.53. The lowest BCUT2D eigenvalue weighted by molar-refractivity contribution is 0.564. The van der Waals surface area contributed by atoms with Crippen LogP contribution in [-0.4, -0.2) is 4.98 Å². The van der Waals surface area contributed by atoms with Crippen LogP contribution in [0.4, 0.5) is 11.5 Å². The molecule has 0 aromatic carbocycles. The number of hydrogen-bond donors (Lipinski definition) is 2. The molecule has 0 bridgehead atoms. The Balaban J connectivity index is 2.02. The summed E-state index contributed by atoms with van der Waals surface area (Å²) in [6.07, 6.45) is 5.10. The van der Waals surface area contributed by atoms with E-state index >= 15 is 0 Å². The zero-order valence-corrected chi connectivity index (χ0v) is 8.53. The van der Waals surface area contributed by atoms with Crippen molar-refractivity contribution in [2.75, 3.05) is 11.1 Å². The highest BCUT2D eigenvalue weighted by molar-refractivity contribution is 5.53. The van der Waals surface area contributed by atoms with E-state index in [0.717, 1.165) is 22.6 Å². The average Bonchev–Trinajstić information content (AvgIpc) is 2.73. The molecule has 0 aliphatic heterocycles. The van der Waals surface area contributed by atoms with Gasteiger partial charge in [-0.1, -0.05) is 0 Å². The number of hydrogen-bond acceptors (Lipinski definition) is 4. The van der Waals surface area contributed by atoms with Crippen molar-refractivity contribution in [1.82, 2.24) is 4.98 Å². The van der Waals surface area contributed by atoms with E-state index in [9.17, 15) is 0 Å². The van der Waals surface area contributed by atoms with Gasteiger partial charge in [-0.3, -0.25) is 0 Å². The second-order valence-corrected chi connectivity index (χ2v) is 3.41. The van der Waals surface area contributed by atoms with Crippen LogP contribution in [-0.2, 0) is 6.54 Å². The standard InChI is InChI=1S/C11H13N3O/c1-8-5-13-11(4-10(8)12)14-6-9-2-3-15-7-9/h2-5,7H,6H2,1H3,(H3,12,13,14). The Bertz CT molecular complexity index is 437. The van der Waals surface area contributed by atoms with E-state index in [1.54, 1.807) is 18.7 Å². The fourth-order valence-corrected chi connectivity index (χ4v) is 1.22. The number of furan rings is 1. The van der Waals surface area contributed by atoms with E-state index in [0.29, 0.717) is 6.54 Å². The molecule has 0 aliphatic carbocycles. The zero-order chi connectivity index (χ0) is 10.7. The molecule has 2 heterocycles. The van der Waals surface area contributed by atoms with Crippen LogP contribution in [0.3, 0.4) is 0 Å². The number of rotatable bonds is 3. The Morgan fingerprint density at radius 2 is 2.40 bits per heavy atom. The van der Waals surface area contributed by atoms with Crippen LogP contribution in [0.1, 0.15) is 11.1 Å². The molecule has 15 heavy (non-hydrogen) atoms. The first-order chi connectivity index (χ1) is 7.25. The molecule has 4 nitrogen and oxygen atoms in total. The number of nitrogens with zero attached hydrogens (tertiary/aromatic N) is 1. The molecule has 0 radical (unpaired) electrons. The van der Waals surface area contributed by atoms with Crippen molar-refractivity contribution < 1.29 is 4.42 Å². The Hall–Kier alpha value is -1.97. The summed E-state index contributed by atoms with van der Waals surface area (Å²) in [5.41, 5.74) is 8.59. The maximum atomic E-state index is 5.77. The summed E-state index contributed by atoms with van der Waals surface area (Å²) in [5, 5.41) is 3.16. The van der Waals surface area contributed by atoms with E-state index in [2.05, 4.69) is 10.3 Å². The molecule has 3 N–H and O–H groups in total. The lowest BCUT2D eigenvalue weighted by Crippen LogP contribution is -2.01. The van der Waals surface area contributed by atoms with Gasteiger partial charge in [0.05, 0.1) is 12.5 Å². The molecule has 0 saturated heterocycles. The second kappa shape index (κ2) is 4.04.